The van der Waals surface area contributed by atoms with Gasteiger partial charge in [-0.1, -0.05) is 47.5 Å². The lowest BCUT2D eigenvalue weighted by atomic mass is 9.83. The first-order valence-corrected chi connectivity index (χ1v) is 9.40. The van der Waals surface area contributed by atoms with Crippen LogP contribution in [0.2, 0.25) is 10.0 Å². The fourth-order valence-corrected chi connectivity index (χ4v) is 3.78. The predicted octanol–water partition coefficient (Wildman–Crippen LogP) is 4.02. The molecule has 1 atom stereocenters. The van der Waals surface area contributed by atoms with Gasteiger partial charge in [0, 0.05) is 25.2 Å². The lowest BCUT2D eigenvalue weighted by molar-refractivity contribution is -0.0358. The number of likely N-dealkylation sites (tertiary alicyclic amines) is 1. The van der Waals surface area contributed by atoms with E-state index >= 15 is 0 Å². The zero-order valence-electron chi connectivity index (χ0n) is 14.7. The Morgan fingerprint density at radius 3 is 2.46 bits per heavy atom. The van der Waals surface area contributed by atoms with Crippen LogP contribution in [0.4, 0.5) is 0 Å². The van der Waals surface area contributed by atoms with Crippen molar-refractivity contribution in [2.24, 2.45) is 0 Å². The fourth-order valence-electron chi connectivity index (χ4n) is 3.47. The third-order valence-electron chi connectivity index (χ3n) is 5.05. The van der Waals surface area contributed by atoms with Gasteiger partial charge in [-0.25, -0.2) is 0 Å². The summed E-state index contributed by atoms with van der Waals surface area (Å²) in [7, 11) is 1.62. The van der Waals surface area contributed by atoms with E-state index in [0.29, 0.717) is 48.3 Å². The van der Waals surface area contributed by atoms with Crippen LogP contribution in [0.25, 0.3) is 0 Å². The van der Waals surface area contributed by atoms with Gasteiger partial charge < -0.3 is 19.8 Å². The molecule has 1 saturated heterocycles. The summed E-state index contributed by atoms with van der Waals surface area (Å²) in [6.07, 6.45) is 0.519. The minimum absolute atomic E-state index is 0.437. The van der Waals surface area contributed by atoms with Gasteiger partial charge >= 0.3 is 0 Å². The molecule has 1 fully saturated rings. The number of nitrogens with zero attached hydrogens (tertiary/aromatic N) is 1. The van der Waals surface area contributed by atoms with Crippen LogP contribution in [-0.2, 0) is 5.60 Å². The Labute approximate surface area is 163 Å². The molecule has 1 aliphatic rings. The van der Waals surface area contributed by atoms with Crippen molar-refractivity contribution in [2.45, 2.75) is 24.5 Å². The maximum absolute atomic E-state index is 11.1. The van der Waals surface area contributed by atoms with Gasteiger partial charge in [-0.2, -0.15) is 0 Å². The van der Waals surface area contributed by atoms with E-state index in [2.05, 4.69) is 4.90 Å². The molecule has 2 aromatic carbocycles. The van der Waals surface area contributed by atoms with Crippen LogP contribution in [0.1, 0.15) is 30.1 Å². The highest BCUT2D eigenvalue weighted by Gasteiger charge is 2.36. The van der Waals surface area contributed by atoms with Crippen LogP contribution in [0, 0.1) is 0 Å². The highest BCUT2D eigenvalue weighted by Crippen LogP contribution is 2.38. The SMILES string of the molecule is COc1ccccc1C1(O)CCN(CC(O)c2ccc(Cl)c(Cl)c2)CC1. The summed E-state index contributed by atoms with van der Waals surface area (Å²) >= 11 is 12.0. The maximum Gasteiger partial charge on any atom is 0.124 e. The molecule has 6 heteroatoms. The summed E-state index contributed by atoms with van der Waals surface area (Å²) in [6, 6.07) is 12.8. The second-order valence-electron chi connectivity index (χ2n) is 6.72. The molecule has 1 unspecified atom stereocenters. The lowest BCUT2D eigenvalue weighted by Crippen LogP contribution is -2.44. The number of rotatable bonds is 5. The van der Waals surface area contributed by atoms with Crippen LogP contribution in [0.3, 0.4) is 0 Å². The quantitative estimate of drug-likeness (QED) is 0.802. The van der Waals surface area contributed by atoms with Gasteiger partial charge in [0.2, 0.25) is 0 Å². The van der Waals surface area contributed by atoms with Gasteiger partial charge in [-0.3, -0.25) is 0 Å². The topological polar surface area (TPSA) is 52.9 Å². The maximum atomic E-state index is 11.1. The number of ether oxygens (including phenoxy) is 1. The number of aliphatic hydroxyl groups excluding tert-OH is 1. The van der Waals surface area contributed by atoms with Crippen molar-refractivity contribution < 1.29 is 14.9 Å². The molecule has 140 valence electrons. The number of methoxy groups -OCH3 is 1. The molecular formula is C20H23Cl2NO3. The highest BCUT2D eigenvalue weighted by molar-refractivity contribution is 6.42. The van der Waals surface area contributed by atoms with Crippen molar-refractivity contribution in [1.82, 2.24) is 4.90 Å². The van der Waals surface area contributed by atoms with E-state index in [0.717, 1.165) is 11.1 Å². The van der Waals surface area contributed by atoms with Crippen molar-refractivity contribution >= 4 is 23.2 Å². The number of hydrogen-bond acceptors (Lipinski definition) is 4. The van der Waals surface area contributed by atoms with Crippen LogP contribution in [-0.4, -0.2) is 41.9 Å². The van der Waals surface area contributed by atoms with E-state index in [-0.39, 0.29) is 0 Å². The zero-order chi connectivity index (χ0) is 18.7. The standard InChI is InChI=1S/C20H23Cl2NO3/c1-26-19-5-3-2-4-15(19)20(25)8-10-23(11-9-20)13-18(24)14-6-7-16(21)17(22)12-14/h2-7,12,18,24-25H,8-11,13H2,1H3. The van der Waals surface area contributed by atoms with E-state index in [4.69, 9.17) is 27.9 Å². The van der Waals surface area contributed by atoms with E-state index in [9.17, 15) is 10.2 Å². The van der Waals surface area contributed by atoms with Gasteiger partial charge in [-0.05, 0) is 36.6 Å². The molecule has 0 spiro atoms. The summed E-state index contributed by atoms with van der Waals surface area (Å²) in [5, 5.41) is 22.5. The minimum Gasteiger partial charge on any atom is -0.496 e. The minimum atomic E-state index is -0.905. The van der Waals surface area contributed by atoms with Crippen LogP contribution in [0.15, 0.2) is 42.5 Å². The van der Waals surface area contributed by atoms with E-state index in [1.54, 1.807) is 25.3 Å². The molecule has 26 heavy (non-hydrogen) atoms. The fraction of sp³-hybridized carbons (Fsp3) is 0.400. The summed E-state index contributed by atoms with van der Waals surface area (Å²) in [4.78, 5) is 2.15. The third-order valence-corrected chi connectivity index (χ3v) is 5.79. The summed E-state index contributed by atoms with van der Waals surface area (Å²) in [5.41, 5.74) is 0.662. The van der Waals surface area contributed by atoms with E-state index in [1.807, 2.05) is 24.3 Å². The molecule has 1 aliphatic heterocycles. The van der Waals surface area contributed by atoms with Crippen LogP contribution >= 0.6 is 23.2 Å². The Hall–Kier alpha value is -1.30. The molecule has 1 heterocycles. The number of para-hydroxylation sites is 1. The first-order chi connectivity index (χ1) is 12.4. The Morgan fingerprint density at radius 1 is 1.12 bits per heavy atom. The smallest absolute Gasteiger partial charge is 0.124 e. The number of hydrogen-bond donors (Lipinski definition) is 2. The van der Waals surface area contributed by atoms with Crippen LogP contribution in [0.5, 0.6) is 5.75 Å². The molecular weight excluding hydrogens is 373 g/mol. The highest BCUT2D eigenvalue weighted by atomic mass is 35.5. The molecule has 0 radical (unpaired) electrons. The van der Waals surface area contributed by atoms with Crippen molar-refractivity contribution in [3.63, 3.8) is 0 Å². The average Bonchev–Trinajstić information content (AvgIpc) is 2.66. The molecule has 0 saturated carbocycles. The van der Waals surface area contributed by atoms with Crippen molar-refractivity contribution in [3.05, 3.63) is 63.6 Å². The van der Waals surface area contributed by atoms with Crippen LogP contribution < -0.4 is 4.74 Å². The van der Waals surface area contributed by atoms with Gasteiger partial charge in [0.1, 0.15) is 5.75 Å². The Morgan fingerprint density at radius 2 is 1.81 bits per heavy atom. The second-order valence-corrected chi connectivity index (χ2v) is 7.54. The Kier molecular flexibility index (Phi) is 6.10. The van der Waals surface area contributed by atoms with Gasteiger partial charge in [-0.15, -0.1) is 0 Å². The third kappa shape index (κ3) is 4.16. The van der Waals surface area contributed by atoms with Crippen molar-refractivity contribution in [1.29, 1.82) is 0 Å². The normalized spacial score (nSPS) is 18.5. The first kappa shape index (κ1) is 19.5. The second kappa shape index (κ2) is 8.15. The Balaban J connectivity index is 1.63. The number of halogens is 2. The lowest BCUT2D eigenvalue weighted by Gasteiger charge is -2.39. The van der Waals surface area contributed by atoms with Gasteiger partial charge in [0.25, 0.3) is 0 Å². The summed E-state index contributed by atoms with van der Waals surface area (Å²) in [5.74, 6) is 0.708. The van der Waals surface area contributed by atoms with Crippen molar-refractivity contribution in [2.75, 3.05) is 26.7 Å². The van der Waals surface area contributed by atoms with Gasteiger partial charge in [0.05, 0.1) is 28.9 Å². The molecule has 0 aliphatic carbocycles. The summed E-state index contributed by atoms with van der Waals surface area (Å²) < 4.78 is 5.40. The van der Waals surface area contributed by atoms with E-state index in [1.165, 1.54) is 0 Å². The molecule has 3 rings (SSSR count). The zero-order valence-corrected chi connectivity index (χ0v) is 16.2. The Bertz CT molecular complexity index is 760. The molecule has 0 amide bonds. The van der Waals surface area contributed by atoms with E-state index < -0.39 is 11.7 Å². The summed E-state index contributed by atoms with van der Waals surface area (Å²) in [6.45, 7) is 1.86. The number of benzene rings is 2. The van der Waals surface area contributed by atoms with Gasteiger partial charge in [0.15, 0.2) is 0 Å². The number of aliphatic hydroxyl groups is 2. The largest absolute Gasteiger partial charge is 0.496 e. The molecule has 2 aromatic rings. The first-order valence-electron chi connectivity index (χ1n) is 8.64. The number of piperidine rings is 1. The number of β-amino-alcohol motifs (C(OH)–C–C–N with tert-alkyl or cyclic N) is 1. The molecule has 4 nitrogen and oxygen atoms in total. The molecule has 2 N–H and O–H groups in total. The average molecular weight is 396 g/mol. The molecule has 0 bridgehead atoms. The van der Waals surface area contributed by atoms with Crippen molar-refractivity contribution in [3.8, 4) is 5.75 Å². The molecule has 0 aromatic heterocycles. The predicted molar refractivity (Wildman–Crippen MR) is 104 cm³/mol. The monoisotopic (exact) mass is 395 g/mol.